The van der Waals surface area contributed by atoms with Crippen LogP contribution in [0.25, 0.3) is 0 Å². The Bertz CT molecular complexity index is 418. The van der Waals surface area contributed by atoms with E-state index in [0.29, 0.717) is 0 Å². The summed E-state index contributed by atoms with van der Waals surface area (Å²) in [5, 5.41) is 8.35. The lowest BCUT2D eigenvalue weighted by Crippen LogP contribution is -2.18. The van der Waals surface area contributed by atoms with Crippen molar-refractivity contribution < 1.29 is 18.7 Å². The van der Waals surface area contributed by atoms with Crippen molar-refractivity contribution in [2.75, 3.05) is 0 Å². The molecule has 1 unspecified atom stereocenters. The summed E-state index contributed by atoms with van der Waals surface area (Å²) in [4.78, 5) is 11.1. The van der Waals surface area contributed by atoms with Crippen LogP contribution in [0.5, 0.6) is 0 Å². The van der Waals surface area contributed by atoms with Crippen LogP contribution in [0, 0.1) is 17.6 Å². The summed E-state index contributed by atoms with van der Waals surface area (Å²) in [6.07, 6.45) is 1.74. The third-order valence-corrected chi connectivity index (χ3v) is 3.87. The van der Waals surface area contributed by atoms with Crippen molar-refractivity contribution in [3.63, 3.8) is 0 Å². The van der Waals surface area contributed by atoms with Crippen LogP contribution < -0.4 is 0 Å². The van der Waals surface area contributed by atoms with Crippen LogP contribution in [0.2, 0.25) is 0 Å². The first kappa shape index (κ1) is 11.4. The first-order valence-electron chi connectivity index (χ1n) is 4.92. The van der Waals surface area contributed by atoms with Crippen LogP contribution >= 0.6 is 11.8 Å². The van der Waals surface area contributed by atoms with Gasteiger partial charge in [-0.05, 0) is 30.9 Å². The first-order valence-corrected chi connectivity index (χ1v) is 5.80. The summed E-state index contributed by atoms with van der Waals surface area (Å²) in [7, 11) is 0. The molecule has 0 spiro atoms. The Hall–Kier alpha value is -1.10. The van der Waals surface area contributed by atoms with Crippen LogP contribution in [0.4, 0.5) is 8.78 Å². The maximum atomic E-state index is 13.3. The quantitative estimate of drug-likeness (QED) is 0.827. The molecule has 0 radical (unpaired) electrons. The largest absolute Gasteiger partial charge is 0.480 e. The molecule has 0 amide bonds. The van der Waals surface area contributed by atoms with Gasteiger partial charge in [-0.2, -0.15) is 0 Å². The van der Waals surface area contributed by atoms with Crippen molar-refractivity contribution in [3.8, 4) is 0 Å². The van der Waals surface area contributed by atoms with Crippen LogP contribution in [0.15, 0.2) is 23.1 Å². The van der Waals surface area contributed by atoms with E-state index in [9.17, 15) is 13.6 Å². The molecule has 1 aliphatic rings. The summed E-state index contributed by atoms with van der Waals surface area (Å²) < 4.78 is 26.0. The maximum Gasteiger partial charge on any atom is 0.317 e. The summed E-state index contributed by atoms with van der Waals surface area (Å²) in [6.45, 7) is 0. The molecule has 1 fully saturated rings. The fourth-order valence-corrected chi connectivity index (χ4v) is 2.61. The summed E-state index contributed by atoms with van der Waals surface area (Å²) in [5.74, 6) is -2.17. The second-order valence-electron chi connectivity index (χ2n) is 3.79. The van der Waals surface area contributed by atoms with E-state index in [-0.39, 0.29) is 10.8 Å². The van der Waals surface area contributed by atoms with E-state index in [0.717, 1.165) is 36.7 Å². The molecule has 5 heteroatoms. The van der Waals surface area contributed by atoms with Crippen LogP contribution in [-0.2, 0) is 4.79 Å². The van der Waals surface area contributed by atoms with E-state index in [2.05, 4.69) is 0 Å². The molecule has 86 valence electrons. The molecule has 1 saturated carbocycles. The van der Waals surface area contributed by atoms with E-state index < -0.39 is 22.9 Å². The SMILES string of the molecule is O=C(O)C(Sc1ccc(F)cc1F)C1CC1. The van der Waals surface area contributed by atoms with Gasteiger partial charge in [0.15, 0.2) is 0 Å². The molecule has 0 aromatic heterocycles. The molecule has 1 atom stereocenters. The van der Waals surface area contributed by atoms with Gasteiger partial charge in [-0.3, -0.25) is 4.79 Å². The summed E-state index contributed by atoms with van der Waals surface area (Å²) in [5.41, 5.74) is 0. The molecule has 1 N–H and O–H groups in total. The highest BCUT2D eigenvalue weighted by Crippen LogP contribution is 2.42. The van der Waals surface area contributed by atoms with Gasteiger partial charge < -0.3 is 5.11 Å². The zero-order chi connectivity index (χ0) is 11.7. The third kappa shape index (κ3) is 2.52. The summed E-state index contributed by atoms with van der Waals surface area (Å²) in [6, 6.07) is 3.19. The molecule has 2 nitrogen and oxygen atoms in total. The van der Waals surface area contributed by atoms with Crippen LogP contribution in [-0.4, -0.2) is 16.3 Å². The van der Waals surface area contributed by atoms with Gasteiger partial charge in [0.05, 0.1) is 0 Å². The Morgan fingerprint density at radius 2 is 2.12 bits per heavy atom. The molecule has 1 aliphatic carbocycles. The molecular weight excluding hydrogens is 234 g/mol. The zero-order valence-electron chi connectivity index (χ0n) is 8.32. The lowest BCUT2D eigenvalue weighted by Gasteiger charge is -2.11. The fourth-order valence-electron chi connectivity index (χ4n) is 1.45. The molecule has 1 aromatic carbocycles. The molecule has 0 bridgehead atoms. The predicted molar refractivity (Wildman–Crippen MR) is 56.4 cm³/mol. The minimum Gasteiger partial charge on any atom is -0.480 e. The normalized spacial score (nSPS) is 17.1. The van der Waals surface area contributed by atoms with Crippen molar-refractivity contribution in [1.82, 2.24) is 0 Å². The van der Waals surface area contributed by atoms with Crippen molar-refractivity contribution in [1.29, 1.82) is 0 Å². The number of carbonyl (C=O) groups is 1. The van der Waals surface area contributed by atoms with E-state index >= 15 is 0 Å². The van der Waals surface area contributed by atoms with Crippen LogP contribution in [0.3, 0.4) is 0 Å². The number of carboxylic acid groups (broad SMARTS) is 1. The Morgan fingerprint density at radius 3 is 2.62 bits per heavy atom. The third-order valence-electron chi connectivity index (χ3n) is 2.44. The molecule has 0 heterocycles. The molecule has 0 aliphatic heterocycles. The number of aliphatic carboxylic acids is 1. The lowest BCUT2D eigenvalue weighted by atomic mass is 10.3. The number of hydrogen-bond donors (Lipinski definition) is 1. The van der Waals surface area contributed by atoms with E-state index in [1.54, 1.807) is 0 Å². The Kier molecular flexibility index (Phi) is 3.14. The Balaban J connectivity index is 2.15. The number of halogens is 2. The number of rotatable bonds is 4. The van der Waals surface area contributed by atoms with Gasteiger partial charge in [0.1, 0.15) is 16.9 Å². The van der Waals surface area contributed by atoms with E-state index in [1.165, 1.54) is 6.07 Å². The van der Waals surface area contributed by atoms with Gasteiger partial charge >= 0.3 is 5.97 Å². The smallest absolute Gasteiger partial charge is 0.317 e. The molecular formula is C11H10F2O2S. The topological polar surface area (TPSA) is 37.3 Å². The van der Waals surface area contributed by atoms with Crippen molar-refractivity contribution in [3.05, 3.63) is 29.8 Å². The van der Waals surface area contributed by atoms with Gasteiger partial charge in [0.2, 0.25) is 0 Å². The monoisotopic (exact) mass is 244 g/mol. The number of thioether (sulfide) groups is 1. The predicted octanol–water partition coefficient (Wildman–Crippen LogP) is 2.92. The van der Waals surface area contributed by atoms with Crippen molar-refractivity contribution in [2.24, 2.45) is 5.92 Å². The number of hydrogen-bond acceptors (Lipinski definition) is 2. The Labute approximate surface area is 95.7 Å². The van der Waals surface area contributed by atoms with Gasteiger partial charge in [0, 0.05) is 11.0 Å². The standard InChI is InChI=1S/C11H10F2O2S/c12-7-3-4-9(8(13)5-7)16-10(11(14)15)6-1-2-6/h3-6,10H,1-2H2,(H,14,15). The highest BCUT2D eigenvalue weighted by molar-refractivity contribution is 8.00. The van der Waals surface area contributed by atoms with Gasteiger partial charge in [0.25, 0.3) is 0 Å². The second kappa shape index (κ2) is 4.41. The molecule has 0 saturated heterocycles. The van der Waals surface area contributed by atoms with Gasteiger partial charge in [-0.15, -0.1) is 11.8 Å². The van der Waals surface area contributed by atoms with E-state index in [1.807, 2.05) is 0 Å². The second-order valence-corrected chi connectivity index (χ2v) is 4.97. The van der Waals surface area contributed by atoms with Gasteiger partial charge in [-0.1, -0.05) is 0 Å². The zero-order valence-corrected chi connectivity index (χ0v) is 9.14. The van der Waals surface area contributed by atoms with Gasteiger partial charge in [-0.25, -0.2) is 8.78 Å². The maximum absolute atomic E-state index is 13.3. The minimum atomic E-state index is -0.934. The summed E-state index contributed by atoms with van der Waals surface area (Å²) >= 11 is 0.962. The fraction of sp³-hybridized carbons (Fsp3) is 0.364. The molecule has 2 rings (SSSR count). The van der Waals surface area contributed by atoms with Crippen molar-refractivity contribution in [2.45, 2.75) is 23.0 Å². The molecule has 16 heavy (non-hydrogen) atoms. The lowest BCUT2D eigenvalue weighted by molar-refractivity contribution is -0.136. The average Bonchev–Trinajstić information content (AvgIpc) is 2.99. The highest BCUT2D eigenvalue weighted by atomic mass is 32.2. The number of benzene rings is 1. The first-order chi connectivity index (χ1) is 7.58. The molecule has 1 aromatic rings. The highest BCUT2D eigenvalue weighted by Gasteiger charge is 2.37. The van der Waals surface area contributed by atoms with Crippen LogP contribution in [0.1, 0.15) is 12.8 Å². The number of carboxylic acids is 1. The average molecular weight is 244 g/mol. The van der Waals surface area contributed by atoms with Crippen molar-refractivity contribution >= 4 is 17.7 Å². The van der Waals surface area contributed by atoms with E-state index in [4.69, 9.17) is 5.11 Å². The Morgan fingerprint density at radius 1 is 1.44 bits per heavy atom. The minimum absolute atomic E-state index is 0.118.